The van der Waals surface area contributed by atoms with E-state index in [9.17, 15) is 9.59 Å². The minimum Gasteiger partial charge on any atom is -0.306 e. The first-order chi connectivity index (χ1) is 35.5. The van der Waals surface area contributed by atoms with Gasteiger partial charge in [0.15, 0.2) is 0 Å². The first-order valence-corrected chi connectivity index (χ1v) is 33.5. The van der Waals surface area contributed by atoms with E-state index >= 15 is 0 Å². The van der Waals surface area contributed by atoms with Gasteiger partial charge in [0.25, 0.3) is 11.8 Å². The molecule has 2 aromatic rings. The van der Waals surface area contributed by atoms with Crippen LogP contribution in [0.2, 0.25) is 0 Å². The number of fused-ring (bicyclic) bond motifs is 1. The molecule has 2 amide bonds. The third-order valence-corrected chi connectivity index (χ3v) is 18.3. The Morgan fingerprint density at radius 1 is 0.333 bits per heavy atom. The first kappa shape index (κ1) is 62.4. The zero-order valence-corrected chi connectivity index (χ0v) is 49.3. The van der Waals surface area contributed by atoms with Crippen molar-refractivity contribution in [1.82, 2.24) is 9.80 Å². The van der Waals surface area contributed by atoms with Gasteiger partial charge in [0.1, 0.15) is 0 Å². The Morgan fingerprint density at radius 2 is 0.569 bits per heavy atom. The fraction of sp³-hybridized carbons (Fsp3) is 0.788. The average molecular weight is 1030 g/mol. The van der Waals surface area contributed by atoms with E-state index in [1.54, 1.807) is 22.7 Å². The molecule has 4 heterocycles. The number of hydrogen-bond donors (Lipinski definition) is 0. The molecular formula is C66H112N2O2S2. The smallest absolute Gasteiger partial charge is 0.261 e. The molecule has 2 aliphatic heterocycles. The van der Waals surface area contributed by atoms with Crippen LogP contribution in [0, 0.1) is 11.8 Å². The largest absolute Gasteiger partial charge is 0.306 e. The van der Waals surface area contributed by atoms with Gasteiger partial charge in [-0.15, -0.1) is 22.7 Å². The van der Waals surface area contributed by atoms with Gasteiger partial charge in [-0.25, -0.2) is 0 Å². The normalized spacial score (nSPS) is 14.8. The number of thiophene rings is 2. The van der Waals surface area contributed by atoms with Crippen molar-refractivity contribution >= 4 is 45.9 Å². The number of nitrogens with zero attached hydrogens (tertiary/aromatic N) is 2. The number of carbonyl (C=O) groups excluding carboxylic acids is 2. The number of amides is 2. The molecule has 2 unspecified atom stereocenters. The molecule has 0 saturated heterocycles. The number of rotatable bonds is 50. The van der Waals surface area contributed by atoms with E-state index in [0.29, 0.717) is 24.2 Å². The van der Waals surface area contributed by atoms with Gasteiger partial charge in [-0.05, 0) is 47.6 Å². The van der Waals surface area contributed by atoms with Crippen molar-refractivity contribution in [2.24, 2.45) is 11.8 Å². The molecule has 0 aromatic carbocycles. The van der Waals surface area contributed by atoms with Gasteiger partial charge < -0.3 is 9.80 Å². The van der Waals surface area contributed by atoms with Crippen LogP contribution >= 0.6 is 22.7 Å². The lowest BCUT2D eigenvalue weighted by molar-refractivity contribution is -0.124. The Labute approximate surface area is 453 Å². The second-order valence-corrected chi connectivity index (χ2v) is 24.7. The molecule has 2 aromatic heterocycles. The molecule has 0 bridgehead atoms. The van der Waals surface area contributed by atoms with Crippen LogP contribution < -0.4 is 0 Å². The van der Waals surface area contributed by atoms with E-state index in [-0.39, 0.29) is 11.8 Å². The molecule has 0 N–H and O–H groups in total. The number of hydrogen-bond acceptors (Lipinski definition) is 4. The van der Waals surface area contributed by atoms with Crippen LogP contribution in [0.15, 0.2) is 46.2 Å². The monoisotopic (exact) mass is 1030 g/mol. The van der Waals surface area contributed by atoms with E-state index in [2.05, 4.69) is 62.7 Å². The summed E-state index contributed by atoms with van der Waals surface area (Å²) < 4.78 is 0. The van der Waals surface area contributed by atoms with Crippen LogP contribution in [0.1, 0.15) is 320 Å². The second kappa shape index (κ2) is 41.0. The molecule has 0 radical (unpaired) electrons. The van der Waals surface area contributed by atoms with Gasteiger partial charge in [-0.3, -0.25) is 9.59 Å². The van der Waals surface area contributed by atoms with E-state index in [0.717, 1.165) is 58.7 Å². The molecule has 72 heavy (non-hydrogen) atoms. The zero-order valence-electron chi connectivity index (χ0n) is 47.7. The molecule has 2 atom stereocenters. The summed E-state index contributed by atoms with van der Waals surface area (Å²) in [7, 11) is 0. The van der Waals surface area contributed by atoms with E-state index in [1.807, 2.05) is 9.80 Å². The van der Waals surface area contributed by atoms with Gasteiger partial charge in [0.05, 0.1) is 32.3 Å². The lowest BCUT2D eigenvalue weighted by Crippen LogP contribution is -2.30. The van der Waals surface area contributed by atoms with Gasteiger partial charge in [0, 0.05) is 13.1 Å². The molecule has 0 aliphatic carbocycles. The molecule has 0 spiro atoms. The lowest BCUT2D eigenvalue weighted by atomic mass is 9.89. The molecular weight excluding hydrogens is 917 g/mol. The van der Waals surface area contributed by atoms with Crippen LogP contribution in [0.4, 0.5) is 0 Å². The summed E-state index contributed by atoms with van der Waals surface area (Å²) >= 11 is 3.31. The summed E-state index contributed by atoms with van der Waals surface area (Å²) in [5.41, 5.74) is 3.05. The summed E-state index contributed by atoms with van der Waals surface area (Å²) in [6.07, 6.45) is 59.8. The van der Waals surface area contributed by atoms with Crippen LogP contribution in [0.3, 0.4) is 0 Å². The van der Waals surface area contributed by atoms with Crippen molar-refractivity contribution in [3.63, 3.8) is 0 Å². The highest BCUT2D eigenvalue weighted by atomic mass is 32.1. The third kappa shape index (κ3) is 24.2. The van der Waals surface area contributed by atoms with E-state index in [1.165, 1.54) is 257 Å². The molecule has 4 rings (SSSR count). The van der Waals surface area contributed by atoms with Crippen LogP contribution in [-0.2, 0) is 9.59 Å². The SMILES string of the molecule is CCCCCCCCCCC(CCCCCCCC)CCCCCCCN1C(=O)C2=C(c3cccs3)N(CCCCCCCC(CCCCCCCC)CCCCCCCCCC)C(=O)C2=C1c1cccs1. The Kier molecular flexibility index (Phi) is 35.5. The topological polar surface area (TPSA) is 40.6 Å². The minimum atomic E-state index is 0.0358. The fourth-order valence-electron chi connectivity index (χ4n) is 12.1. The van der Waals surface area contributed by atoms with Crippen molar-refractivity contribution < 1.29 is 9.59 Å². The summed E-state index contributed by atoms with van der Waals surface area (Å²) in [4.78, 5) is 35.5. The highest BCUT2D eigenvalue weighted by molar-refractivity contribution is 7.11. The fourth-order valence-corrected chi connectivity index (χ4v) is 13.6. The van der Waals surface area contributed by atoms with Gasteiger partial charge in [0.2, 0.25) is 0 Å². The standard InChI is InChI=1S/C66H112N2O2S2/c1-5-9-13-17-21-23-29-37-47-57(45-35-27-19-15-11-7-3)49-39-31-25-33-41-53-67-63(59-51-43-55-71-59)61-62(65(67)69)64(60-52-44-56-72-60)68(66(61)70)54-42-34-26-32-40-50-58(46-36-28-20-16-12-8-4)48-38-30-24-22-18-14-10-6-2/h43-44,51-52,55-58H,5-42,45-50,53-54H2,1-4H3. The third-order valence-electron chi connectivity index (χ3n) is 16.5. The highest BCUT2D eigenvalue weighted by Gasteiger charge is 2.49. The van der Waals surface area contributed by atoms with Crippen LogP contribution in [0.25, 0.3) is 11.4 Å². The predicted molar refractivity (Wildman–Crippen MR) is 319 cm³/mol. The predicted octanol–water partition coefficient (Wildman–Crippen LogP) is 22.1. The van der Waals surface area contributed by atoms with Crippen molar-refractivity contribution in [2.75, 3.05) is 13.1 Å². The van der Waals surface area contributed by atoms with Gasteiger partial charge in [-0.1, -0.05) is 310 Å². The summed E-state index contributed by atoms with van der Waals surface area (Å²) in [6, 6.07) is 8.36. The average Bonchev–Trinajstić information content (AvgIpc) is 4.22. The first-order valence-electron chi connectivity index (χ1n) is 31.8. The van der Waals surface area contributed by atoms with Crippen molar-refractivity contribution in [3.8, 4) is 0 Å². The summed E-state index contributed by atoms with van der Waals surface area (Å²) in [6.45, 7) is 10.6. The molecule has 2 aliphatic rings. The maximum Gasteiger partial charge on any atom is 0.261 e. The molecule has 6 heteroatoms. The molecule has 0 fully saturated rings. The van der Waals surface area contributed by atoms with Crippen molar-refractivity contribution in [2.45, 2.75) is 310 Å². The number of carbonyl (C=O) groups is 2. The quantitative estimate of drug-likeness (QED) is 0.0620. The Balaban J connectivity index is 1.25. The summed E-state index contributed by atoms with van der Waals surface area (Å²) in [5.74, 6) is 1.87. The van der Waals surface area contributed by atoms with Crippen LogP contribution in [0.5, 0.6) is 0 Å². The maximum absolute atomic E-state index is 14.7. The van der Waals surface area contributed by atoms with E-state index < -0.39 is 0 Å². The summed E-state index contributed by atoms with van der Waals surface area (Å²) in [5, 5.41) is 4.18. The van der Waals surface area contributed by atoms with Gasteiger partial charge >= 0.3 is 0 Å². The van der Waals surface area contributed by atoms with Gasteiger partial charge in [-0.2, -0.15) is 0 Å². The Morgan fingerprint density at radius 3 is 0.806 bits per heavy atom. The highest BCUT2D eigenvalue weighted by Crippen LogP contribution is 2.48. The van der Waals surface area contributed by atoms with Crippen molar-refractivity contribution in [1.29, 1.82) is 0 Å². The molecule has 0 saturated carbocycles. The lowest BCUT2D eigenvalue weighted by Gasteiger charge is -2.24. The Bertz CT molecular complexity index is 1570. The second-order valence-electron chi connectivity index (χ2n) is 22.8. The maximum atomic E-state index is 14.7. The van der Waals surface area contributed by atoms with Crippen LogP contribution in [-0.4, -0.2) is 34.7 Å². The Hall–Kier alpha value is -2.18. The van der Waals surface area contributed by atoms with Crippen molar-refractivity contribution in [3.05, 3.63) is 55.9 Å². The zero-order chi connectivity index (χ0) is 51.1. The number of unbranched alkanes of at least 4 members (excludes halogenated alkanes) is 32. The molecule has 410 valence electrons. The van der Waals surface area contributed by atoms with E-state index in [4.69, 9.17) is 0 Å². The molecule has 4 nitrogen and oxygen atoms in total. The minimum absolute atomic E-state index is 0.0358.